The molecular formula is C25H32FN5O3. The van der Waals surface area contributed by atoms with Crippen LogP contribution in [-0.4, -0.2) is 60.2 Å². The van der Waals surface area contributed by atoms with Crippen LogP contribution in [0.5, 0.6) is 5.75 Å². The van der Waals surface area contributed by atoms with Crippen molar-refractivity contribution < 1.29 is 18.7 Å². The van der Waals surface area contributed by atoms with Gasteiger partial charge in [-0.05, 0) is 38.1 Å². The van der Waals surface area contributed by atoms with Crippen LogP contribution in [0.15, 0.2) is 42.9 Å². The smallest absolute Gasteiger partial charge is 0.251 e. The second-order valence-corrected chi connectivity index (χ2v) is 9.95. The number of rotatable bonds is 6. The van der Waals surface area contributed by atoms with Crippen LogP contribution in [0.3, 0.4) is 0 Å². The summed E-state index contributed by atoms with van der Waals surface area (Å²) >= 11 is 0. The van der Waals surface area contributed by atoms with Gasteiger partial charge >= 0.3 is 0 Å². The van der Waals surface area contributed by atoms with Gasteiger partial charge in [-0.15, -0.1) is 0 Å². The van der Waals surface area contributed by atoms with Crippen LogP contribution in [0, 0.1) is 11.3 Å². The van der Waals surface area contributed by atoms with Crippen molar-refractivity contribution in [3.8, 4) is 5.75 Å². The number of alkyl halides is 1. The number of halogens is 1. The fourth-order valence-corrected chi connectivity index (χ4v) is 5.40. The Balaban J connectivity index is 1.38. The molecule has 3 atom stereocenters. The molecule has 8 nitrogen and oxygen atoms in total. The van der Waals surface area contributed by atoms with E-state index in [-0.39, 0.29) is 18.2 Å². The van der Waals surface area contributed by atoms with E-state index in [0.29, 0.717) is 22.5 Å². The number of nitrogens with one attached hydrogen (secondary N) is 2. The average molecular weight is 470 g/mol. The van der Waals surface area contributed by atoms with Gasteiger partial charge in [-0.2, -0.15) is 0 Å². The van der Waals surface area contributed by atoms with E-state index in [2.05, 4.69) is 25.5 Å². The maximum absolute atomic E-state index is 14.7. The first-order valence-corrected chi connectivity index (χ1v) is 12.0. The van der Waals surface area contributed by atoms with Crippen LogP contribution in [-0.2, 0) is 4.74 Å². The molecule has 3 aliphatic rings. The molecule has 34 heavy (non-hydrogen) atoms. The van der Waals surface area contributed by atoms with E-state index in [1.165, 1.54) is 6.33 Å². The van der Waals surface area contributed by atoms with Gasteiger partial charge in [-0.25, -0.2) is 14.4 Å². The van der Waals surface area contributed by atoms with Crippen LogP contribution in [0.1, 0.15) is 43.5 Å². The Hall–Kier alpha value is -2.78. The fraction of sp³-hybridized carbons (Fsp3) is 0.560. The van der Waals surface area contributed by atoms with Gasteiger partial charge in [0.1, 0.15) is 12.4 Å². The van der Waals surface area contributed by atoms with Gasteiger partial charge in [0.15, 0.2) is 11.6 Å². The Morgan fingerprint density at radius 1 is 1.26 bits per heavy atom. The van der Waals surface area contributed by atoms with Crippen LogP contribution < -0.4 is 20.3 Å². The van der Waals surface area contributed by atoms with E-state index in [1.807, 2.05) is 19.9 Å². The molecule has 182 valence electrons. The highest BCUT2D eigenvalue weighted by Crippen LogP contribution is 2.45. The number of nitrogens with zero attached hydrogens (tertiary/aromatic N) is 3. The summed E-state index contributed by atoms with van der Waals surface area (Å²) < 4.78 is 26.9. The zero-order chi connectivity index (χ0) is 23.8. The van der Waals surface area contributed by atoms with Gasteiger partial charge in [0.25, 0.3) is 5.91 Å². The molecule has 1 aromatic carbocycles. The molecule has 0 unspecified atom stereocenters. The number of piperidine rings is 1. The molecule has 4 heterocycles. The summed E-state index contributed by atoms with van der Waals surface area (Å²) in [6, 6.07) is 8.18. The molecule has 0 bridgehead atoms. The SMILES string of the molecule is CC(C)[C@]1(Oc2cncnc2N2CC3(CCNCC3)C2)O[C@@H](F)C[C@@H]1NC(=O)c1ccccc1. The largest absolute Gasteiger partial charge is 0.454 e. The normalized spacial score (nSPS) is 28.1. The maximum Gasteiger partial charge on any atom is 0.251 e. The third-order valence-corrected chi connectivity index (χ3v) is 7.31. The van der Waals surface area contributed by atoms with Crippen molar-refractivity contribution in [2.45, 2.75) is 51.3 Å². The highest BCUT2D eigenvalue weighted by Gasteiger charge is 2.55. The van der Waals surface area contributed by atoms with Crippen molar-refractivity contribution in [2.24, 2.45) is 11.3 Å². The first-order chi connectivity index (χ1) is 16.4. The maximum atomic E-state index is 14.7. The van der Waals surface area contributed by atoms with Crippen molar-refractivity contribution in [2.75, 3.05) is 31.1 Å². The predicted molar refractivity (Wildman–Crippen MR) is 125 cm³/mol. The van der Waals surface area contributed by atoms with Crippen molar-refractivity contribution in [1.29, 1.82) is 0 Å². The minimum Gasteiger partial charge on any atom is -0.454 e. The van der Waals surface area contributed by atoms with E-state index in [9.17, 15) is 9.18 Å². The molecule has 2 N–H and O–H groups in total. The first-order valence-electron chi connectivity index (χ1n) is 12.0. The number of benzene rings is 1. The molecule has 0 aliphatic carbocycles. The average Bonchev–Trinajstić information content (AvgIpc) is 3.14. The Labute approximate surface area is 199 Å². The second kappa shape index (κ2) is 9.11. The summed E-state index contributed by atoms with van der Waals surface area (Å²) in [6.45, 7) is 7.67. The predicted octanol–water partition coefficient (Wildman–Crippen LogP) is 2.91. The van der Waals surface area contributed by atoms with Crippen molar-refractivity contribution in [3.05, 3.63) is 48.4 Å². The standard InChI is InChI=1S/C25H32FN5O3/c1-17(2)25(20(12-21(26)34-25)30-23(32)18-6-4-3-5-7-18)33-19-13-28-16-29-22(19)31-14-24(15-31)8-10-27-11-9-24/h3-7,13,16-17,20-21,27H,8-12,14-15H2,1-2H3,(H,30,32)/t20-,21+,25-/m0/s1. The third kappa shape index (κ3) is 4.22. The van der Waals surface area contributed by atoms with E-state index in [4.69, 9.17) is 9.47 Å². The number of ether oxygens (including phenoxy) is 2. The van der Waals surface area contributed by atoms with Crippen molar-refractivity contribution in [1.82, 2.24) is 20.6 Å². The van der Waals surface area contributed by atoms with Crippen LogP contribution in [0.4, 0.5) is 10.2 Å². The number of hydrogen-bond donors (Lipinski definition) is 2. The summed E-state index contributed by atoms with van der Waals surface area (Å²) in [5.41, 5.74) is 0.808. The highest BCUT2D eigenvalue weighted by molar-refractivity contribution is 5.94. The molecule has 0 radical (unpaired) electrons. The summed E-state index contributed by atoms with van der Waals surface area (Å²) in [4.78, 5) is 23.7. The van der Waals surface area contributed by atoms with E-state index in [1.54, 1.807) is 30.5 Å². The number of carbonyl (C=O) groups is 1. The van der Waals surface area contributed by atoms with Gasteiger partial charge in [-0.1, -0.05) is 32.0 Å². The van der Waals surface area contributed by atoms with Crippen molar-refractivity contribution >= 4 is 11.7 Å². The Morgan fingerprint density at radius 3 is 2.71 bits per heavy atom. The van der Waals surface area contributed by atoms with E-state index < -0.39 is 18.2 Å². The molecule has 9 heteroatoms. The Bertz CT molecular complexity index is 1010. The number of carbonyl (C=O) groups excluding carboxylic acids is 1. The zero-order valence-electron chi connectivity index (χ0n) is 19.7. The fourth-order valence-electron chi connectivity index (χ4n) is 5.40. The molecule has 1 aromatic heterocycles. The molecule has 0 saturated carbocycles. The molecule has 2 aromatic rings. The first kappa shape index (κ1) is 23.0. The van der Waals surface area contributed by atoms with Gasteiger partial charge in [-0.3, -0.25) is 4.79 Å². The van der Waals surface area contributed by atoms with Crippen molar-refractivity contribution in [3.63, 3.8) is 0 Å². The number of aromatic nitrogens is 2. The zero-order valence-corrected chi connectivity index (χ0v) is 19.7. The van der Waals surface area contributed by atoms with Crippen LogP contribution in [0.2, 0.25) is 0 Å². The number of anilines is 1. The molecular weight excluding hydrogens is 437 g/mol. The number of hydrogen-bond acceptors (Lipinski definition) is 7. The summed E-state index contributed by atoms with van der Waals surface area (Å²) in [7, 11) is 0. The number of amides is 1. The molecule has 3 fully saturated rings. The van der Waals surface area contributed by atoms with Gasteiger partial charge in [0.05, 0.1) is 6.20 Å². The lowest BCUT2D eigenvalue weighted by Crippen LogP contribution is -2.61. The molecule has 3 aliphatic heterocycles. The van der Waals surface area contributed by atoms with Crippen LogP contribution in [0.25, 0.3) is 0 Å². The Morgan fingerprint density at radius 2 is 2.00 bits per heavy atom. The summed E-state index contributed by atoms with van der Waals surface area (Å²) in [5.74, 6) is -0.821. The summed E-state index contributed by atoms with van der Waals surface area (Å²) in [6.07, 6.45) is 3.82. The van der Waals surface area contributed by atoms with Gasteiger partial charge in [0.2, 0.25) is 12.1 Å². The van der Waals surface area contributed by atoms with Gasteiger partial charge < -0.3 is 25.0 Å². The quantitative estimate of drug-likeness (QED) is 0.673. The molecule has 1 spiro atoms. The lowest BCUT2D eigenvalue weighted by atomic mass is 9.72. The second-order valence-electron chi connectivity index (χ2n) is 9.95. The molecule has 3 saturated heterocycles. The Kier molecular flexibility index (Phi) is 6.16. The molecule has 5 rings (SSSR count). The van der Waals surface area contributed by atoms with Gasteiger partial charge in [0, 0.05) is 36.4 Å². The topological polar surface area (TPSA) is 88.6 Å². The lowest BCUT2D eigenvalue weighted by Gasteiger charge is -2.53. The van der Waals surface area contributed by atoms with E-state index in [0.717, 1.165) is 39.0 Å². The molecule has 1 amide bonds. The van der Waals surface area contributed by atoms with E-state index >= 15 is 0 Å². The summed E-state index contributed by atoms with van der Waals surface area (Å²) in [5, 5.41) is 6.37. The monoisotopic (exact) mass is 469 g/mol. The highest BCUT2D eigenvalue weighted by atomic mass is 19.1. The third-order valence-electron chi connectivity index (χ3n) is 7.31. The minimum absolute atomic E-state index is 0.000394. The minimum atomic E-state index is -1.56. The van der Waals surface area contributed by atoms with Crippen LogP contribution >= 0.6 is 0 Å². The lowest BCUT2D eigenvalue weighted by molar-refractivity contribution is -0.229.